The molecule has 0 saturated carbocycles. The smallest absolute Gasteiger partial charge is 0.289 e. The summed E-state index contributed by atoms with van der Waals surface area (Å²) in [5.41, 5.74) is 0. The molecule has 6 nitrogen and oxygen atoms in total. The number of amides is 1. The number of carbonyl (C=O) groups is 1. The van der Waals surface area contributed by atoms with Crippen LogP contribution < -0.4 is 4.90 Å². The fraction of sp³-hybridized carbons (Fsp3) is 0.438. The molecule has 1 amide bonds. The molecule has 3 heterocycles. The van der Waals surface area contributed by atoms with Crippen molar-refractivity contribution in [3.05, 3.63) is 42.0 Å². The van der Waals surface area contributed by atoms with E-state index in [1.165, 1.54) is 0 Å². The Morgan fingerprint density at radius 2 is 2.14 bits per heavy atom. The number of aryl methyl sites for hydroxylation is 1. The van der Waals surface area contributed by atoms with Crippen LogP contribution in [0.4, 0.5) is 5.82 Å². The predicted molar refractivity (Wildman–Crippen MR) is 82.9 cm³/mol. The van der Waals surface area contributed by atoms with Gasteiger partial charge in [-0.3, -0.25) is 4.79 Å². The van der Waals surface area contributed by atoms with E-state index in [0.29, 0.717) is 12.3 Å². The number of aromatic nitrogens is 2. The molecule has 0 aromatic carbocycles. The van der Waals surface area contributed by atoms with Crippen LogP contribution in [0.5, 0.6) is 0 Å². The van der Waals surface area contributed by atoms with E-state index in [-0.39, 0.29) is 5.91 Å². The molecule has 0 aliphatic carbocycles. The molecular weight excluding hydrogens is 280 g/mol. The van der Waals surface area contributed by atoms with Crippen molar-refractivity contribution < 1.29 is 9.21 Å². The number of carbonyl (C=O) groups excluding carboxylic acids is 1. The van der Waals surface area contributed by atoms with Gasteiger partial charge in [0.2, 0.25) is 0 Å². The number of furan rings is 1. The zero-order valence-electron chi connectivity index (χ0n) is 12.7. The third-order valence-electron chi connectivity index (χ3n) is 3.89. The summed E-state index contributed by atoms with van der Waals surface area (Å²) in [7, 11) is 0. The second kappa shape index (κ2) is 6.60. The molecule has 1 aliphatic heterocycles. The van der Waals surface area contributed by atoms with Crippen LogP contribution in [0.2, 0.25) is 0 Å². The minimum absolute atomic E-state index is 0.0271. The molecule has 2 aromatic rings. The fourth-order valence-electron chi connectivity index (χ4n) is 2.65. The molecule has 2 aromatic heterocycles. The molecule has 116 valence electrons. The summed E-state index contributed by atoms with van der Waals surface area (Å²) < 4.78 is 5.57. The Balaban J connectivity index is 1.66. The van der Waals surface area contributed by atoms with Gasteiger partial charge in [0.05, 0.1) is 0 Å². The zero-order chi connectivity index (χ0) is 15.4. The molecule has 0 bridgehead atoms. The standard InChI is InChI=1S/C16H20N4O2/c1-2-13-6-7-14(22-13)16(21)20-10-4-9-19(11-12-20)15-5-3-8-17-18-15/h3,5-8H,2,4,9-12H2,1H3. The Hall–Kier alpha value is -2.37. The maximum absolute atomic E-state index is 12.5. The van der Waals surface area contributed by atoms with E-state index in [4.69, 9.17) is 4.42 Å². The first kappa shape index (κ1) is 14.6. The summed E-state index contributed by atoms with van der Waals surface area (Å²) in [5.74, 6) is 2.12. The van der Waals surface area contributed by atoms with Crippen molar-refractivity contribution in [1.82, 2.24) is 15.1 Å². The van der Waals surface area contributed by atoms with Gasteiger partial charge in [0.15, 0.2) is 11.6 Å². The van der Waals surface area contributed by atoms with Crippen molar-refractivity contribution >= 4 is 11.7 Å². The maximum Gasteiger partial charge on any atom is 0.289 e. The van der Waals surface area contributed by atoms with Crippen LogP contribution >= 0.6 is 0 Å². The Morgan fingerprint density at radius 1 is 1.23 bits per heavy atom. The predicted octanol–water partition coefficient (Wildman–Crippen LogP) is 1.98. The maximum atomic E-state index is 12.5. The summed E-state index contributed by atoms with van der Waals surface area (Å²) in [5, 5.41) is 8.06. The number of hydrogen-bond donors (Lipinski definition) is 0. The Morgan fingerprint density at radius 3 is 2.86 bits per heavy atom. The lowest BCUT2D eigenvalue weighted by Gasteiger charge is -2.21. The van der Waals surface area contributed by atoms with E-state index < -0.39 is 0 Å². The monoisotopic (exact) mass is 300 g/mol. The van der Waals surface area contributed by atoms with Crippen LogP contribution in [0.3, 0.4) is 0 Å². The molecule has 1 saturated heterocycles. The van der Waals surface area contributed by atoms with Crippen LogP contribution in [0.1, 0.15) is 29.7 Å². The molecule has 22 heavy (non-hydrogen) atoms. The van der Waals surface area contributed by atoms with Crippen molar-refractivity contribution in [1.29, 1.82) is 0 Å². The topological polar surface area (TPSA) is 62.5 Å². The summed E-state index contributed by atoms with van der Waals surface area (Å²) in [6, 6.07) is 7.47. The molecule has 0 radical (unpaired) electrons. The summed E-state index contributed by atoms with van der Waals surface area (Å²) in [6.07, 6.45) is 3.37. The molecule has 1 aliphatic rings. The van der Waals surface area contributed by atoms with Gasteiger partial charge in [0.25, 0.3) is 5.91 Å². The first-order valence-corrected chi connectivity index (χ1v) is 7.68. The molecule has 0 spiro atoms. The normalized spacial score (nSPS) is 15.7. The summed E-state index contributed by atoms with van der Waals surface area (Å²) in [4.78, 5) is 16.5. The van der Waals surface area contributed by atoms with Crippen LogP contribution in [0.15, 0.2) is 34.9 Å². The molecule has 6 heteroatoms. The molecular formula is C16H20N4O2. The van der Waals surface area contributed by atoms with Crippen LogP contribution in [-0.4, -0.2) is 47.2 Å². The van der Waals surface area contributed by atoms with Gasteiger partial charge >= 0.3 is 0 Å². The largest absolute Gasteiger partial charge is 0.456 e. The van der Waals surface area contributed by atoms with Gasteiger partial charge < -0.3 is 14.2 Å². The first-order chi connectivity index (χ1) is 10.8. The molecule has 1 fully saturated rings. The number of rotatable bonds is 3. The van der Waals surface area contributed by atoms with E-state index in [1.807, 2.05) is 30.0 Å². The second-order valence-electron chi connectivity index (χ2n) is 5.33. The average Bonchev–Trinajstić information content (AvgIpc) is 2.92. The van der Waals surface area contributed by atoms with Gasteiger partial charge in [-0.1, -0.05) is 6.92 Å². The van der Waals surface area contributed by atoms with E-state index in [2.05, 4.69) is 15.1 Å². The lowest BCUT2D eigenvalue weighted by molar-refractivity contribution is 0.0733. The van der Waals surface area contributed by atoms with Gasteiger partial charge in [-0.15, -0.1) is 5.10 Å². The molecule has 0 N–H and O–H groups in total. The second-order valence-corrected chi connectivity index (χ2v) is 5.33. The lowest BCUT2D eigenvalue weighted by Crippen LogP contribution is -2.35. The van der Waals surface area contributed by atoms with Gasteiger partial charge in [0, 0.05) is 38.8 Å². The van der Waals surface area contributed by atoms with Crippen LogP contribution in [0.25, 0.3) is 0 Å². The number of anilines is 1. The van der Waals surface area contributed by atoms with Gasteiger partial charge in [-0.25, -0.2) is 0 Å². The Kier molecular flexibility index (Phi) is 4.37. The first-order valence-electron chi connectivity index (χ1n) is 7.68. The van der Waals surface area contributed by atoms with Crippen LogP contribution in [0, 0.1) is 0 Å². The van der Waals surface area contributed by atoms with Gasteiger partial charge in [-0.2, -0.15) is 5.10 Å². The highest BCUT2D eigenvalue weighted by Gasteiger charge is 2.23. The SMILES string of the molecule is CCc1ccc(C(=O)N2CCCN(c3cccnn3)CC2)o1. The van der Waals surface area contributed by atoms with E-state index in [0.717, 1.165) is 44.1 Å². The number of hydrogen-bond acceptors (Lipinski definition) is 5. The van der Waals surface area contributed by atoms with E-state index >= 15 is 0 Å². The lowest BCUT2D eigenvalue weighted by atomic mass is 10.3. The molecule has 0 unspecified atom stereocenters. The van der Waals surface area contributed by atoms with Crippen molar-refractivity contribution in [3.63, 3.8) is 0 Å². The minimum Gasteiger partial charge on any atom is -0.456 e. The van der Waals surface area contributed by atoms with Crippen molar-refractivity contribution in [2.24, 2.45) is 0 Å². The van der Waals surface area contributed by atoms with Crippen molar-refractivity contribution in [3.8, 4) is 0 Å². The Bertz CT molecular complexity index is 626. The summed E-state index contributed by atoms with van der Waals surface area (Å²) in [6.45, 7) is 5.04. The third-order valence-corrected chi connectivity index (χ3v) is 3.89. The van der Waals surface area contributed by atoms with E-state index in [9.17, 15) is 4.79 Å². The number of nitrogens with zero attached hydrogens (tertiary/aromatic N) is 4. The zero-order valence-corrected chi connectivity index (χ0v) is 12.7. The third kappa shape index (κ3) is 3.10. The molecule has 3 rings (SSSR count). The molecule has 0 atom stereocenters. The van der Waals surface area contributed by atoms with E-state index in [1.54, 1.807) is 12.3 Å². The highest BCUT2D eigenvalue weighted by molar-refractivity contribution is 5.91. The van der Waals surface area contributed by atoms with Crippen molar-refractivity contribution in [2.45, 2.75) is 19.8 Å². The van der Waals surface area contributed by atoms with Crippen molar-refractivity contribution in [2.75, 3.05) is 31.1 Å². The Labute approximate surface area is 129 Å². The quantitative estimate of drug-likeness (QED) is 0.867. The fourth-order valence-corrected chi connectivity index (χ4v) is 2.65. The van der Waals surface area contributed by atoms with Gasteiger partial charge in [0.1, 0.15) is 5.76 Å². The highest BCUT2D eigenvalue weighted by Crippen LogP contribution is 2.15. The van der Waals surface area contributed by atoms with Gasteiger partial charge in [-0.05, 0) is 30.7 Å². The van der Waals surface area contributed by atoms with Crippen LogP contribution in [-0.2, 0) is 6.42 Å². The summed E-state index contributed by atoms with van der Waals surface area (Å²) >= 11 is 0. The average molecular weight is 300 g/mol. The minimum atomic E-state index is -0.0271. The highest BCUT2D eigenvalue weighted by atomic mass is 16.4.